The van der Waals surface area contributed by atoms with Gasteiger partial charge in [0.05, 0.1) is 45.2 Å². The number of hydrogen-bond donors (Lipinski definition) is 0. The van der Waals surface area contributed by atoms with Gasteiger partial charge in [0.25, 0.3) is 0 Å². The molecule has 3 unspecified atom stereocenters. The second-order valence-corrected chi connectivity index (χ2v) is 44.9. The van der Waals surface area contributed by atoms with Crippen molar-refractivity contribution in [3.8, 4) is 40.2 Å². The fourth-order valence-corrected chi connectivity index (χ4v) is 21.0. The van der Waals surface area contributed by atoms with Gasteiger partial charge in [0, 0.05) is 5.75 Å². The molecule has 0 spiro atoms. The SMILES string of the molecule is CCC(C)c1ccc(OCCCCS(=O)(=O)[O-])cc1.CCC(C)c1ccc(OS(=O)(=O)C(F)(F)C(F)(F)C(F)(F)S(=O)(=O)[N-]S(=O)(=O)C(F)(F)F)cc1.CCC(C)c1ccc(OS(=O)(=O)C(F)(F)C(F)(F)C(F)(F)S(=O)(=O)[O-])cc1.COc1ccc([I+]c2ccc(OC)cc2)cc1.COc1ccc([I+]c2ccc(OC)cc2)cc1.c1ccc([I+]c2ccccc2)cc1. The number of sulfonamides is 2. The summed E-state index contributed by atoms with van der Waals surface area (Å²) in [6.45, 7) is 11.8. The Hall–Kier alpha value is -7.70. The third-order valence-electron chi connectivity index (χ3n) is 17.2. The van der Waals surface area contributed by atoms with E-state index >= 15 is 0 Å². The first-order valence-electron chi connectivity index (χ1n) is 36.7. The molecule has 702 valence electrons. The van der Waals surface area contributed by atoms with Gasteiger partial charge >= 0.3 is 122 Å². The van der Waals surface area contributed by atoms with Crippen LogP contribution in [0.1, 0.15) is 108 Å². The first-order valence-corrected chi connectivity index (χ1v) is 51.8. The molecule has 0 bridgehead atoms. The molecule has 0 fully saturated rings. The lowest BCUT2D eigenvalue weighted by Crippen LogP contribution is -3.61. The summed E-state index contributed by atoms with van der Waals surface area (Å²) >= 11 is -0.208. The molecule has 3 atom stereocenters. The van der Waals surface area contributed by atoms with Crippen LogP contribution >= 0.6 is 0 Å². The zero-order valence-corrected chi connectivity index (χ0v) is 79.8. The average Bonchev–Trinajstić information content (AvgIpc) is 0.717. The maximum Gasteiger partial charge on any atom is 0.480 e. The number of alkyl halides is 15. The summed E-state index contributed by atoms with van der Waals surface area (Å²) in [6, 6.07) is 70.2. The van der Waals surface area contributed by atoms with Crippen LogP contribution < -0.4 is 95.7 Å². The van der Waals surface area contributed by atoms with Crippen molar-refractivity contribution in [3.63, 3.8) is 0 Å². The molecule has 9 rings (SSSR count). The molecule has 0 aliphatic heterocycles. The van der Waals surface area contributed by atoms with E-state index in [0.717, 1.165) is 59.4 Å². The monoisotopic (exact) mass is 2270 g/mol. The van der Waals surface area contributed by atoms with Crippen molar-refractivity contribution in [2.45, 2.75) is 130 Å². The summed E-state index contributed by atoms with van der Waals surface area (Å²) in [4.78, 5) is 0. The molecule has 0 saturated heterocycles. The second kappa shape index (κ2) is 48.4. The molecular weight excluding hydrogens is 2180 g/mol. The number of halogens is 18. The van der Waals surface area contributed by atoms with Gasteiger partial charge in [0.15, 0.2) is 51.6 Å². The fourth-order valence-electron chi connectivity index (χ4n) is 9.29. The van der Waals surface area contributed by atoms with Gasteiger partial charge in [0.1, 0.15) is 40.2 Å². The van der Waals surface area contributed by atoms with Crippen LogP contribution in [0, 0.1) is 21.4 Å². The van der Waals surface area contributed by atoms with Crippen LogP contribution in [0.5, 0.6) is 40.2 Å². The van der Waals surface area contributed by atoms with E-state index < -0.39 is 110 Å². The molecular formula is C81H85F15I3NO21S6. The quantitative estimate of drug-likeness (QED) is 0.0116. The summed E-state index contributed by atoms with van der Waals surface area (Å²) in [6.07, 6.45) is 3.22. The molecule has 0 aliphatic carbocycles. The van der Waals surface area contributed by atoms with E-state index in [4.69, 9.17) is 23.7 Å². The highest BCUT2D eigenvalue weighted by Gasteiger charge is 2.83. The van der Waals surface area contributed by atoms with E-state index in [9.17, 15) is 125 Å². The van der Waals surface area contributed by atoms with Crippen LogP contribution in [0.3, 0.4) is 0 Å². The number of nitrogens with zero attached hydrogens (tertiary/aromatic N) is 1. The van der Waals surface area contributed by atoms with Gasteiger partial charge in [-0.15, -0.1) is 0 Å². The van der Waals surface area contributed by atoms with E-state index in [-0.39, 0.29) is 81.2 Å². The van der Waals surface area contributed by atoms with Crippen molar-refractivity contribution in [3.05, 3.63) is 273 Å². The first kappa shape index (κ1) is 112. The number of unbranched alkanes of at least 4 members (excludes halogenated alkanes) is 1. The Balaban J connectivity index is 0.000000328. The topological polar surface area (TPSA) is 330 Å². The van der Waals surface area contributed by atoms with Gasteiger partial charge in [-0.25, -0.2) is 33.7 Å². The van der Waals surface area contributed by atoms with Crippen LogP contribution in [0.4, 0.5) is 65.9 Å². The maximum atomic E-state index is 14.0. The Labute approximate surface area is 758 Å². The van der Waals surface area contributed by atoms with Crippen LogP contribution in [-0.4, -0.2) is 139 Å². The lowest BCUT2D eigenvalue weighted by atomic mass is 9.99. The van der Waals surface area contributed by atoms with Crippen LogP contribution in [-0.2, 0) is 60.5 Å². The van der Waals surface area contributed by atoms with Gasteiger partial charge in [-0.05, 0) is 224 Å². The largest absolute Gasteiger partial charge is 0.748 e. The Morgan fingerprint density at radius 1 is 0.323 bits per heavy atom. The summed E-state index contributed by atoms with van der Waals surface area (Å²) in [7, 11) is -34.1. The molecule has 46 heteroatoms. The number of hydrogen-bond acceptors (Lipinski definition) is 21. The number of benzene rings is 9. The van der Waals surface area contributed by atoms with Crippen molar-refractivity contribution < 1.29 is 221 Å². The maximum absolute atomic E-state index is 14.0. The Bertz CT molecular complexity index is 5390. The molecule has 0 heterocycles. The zero-order valence-electron chi connectivity index (χ0n) is 68.4. The Morgan fingerprint density at radius 3 is 0.819 bits per heavy atom. The molecule has 0 saturated carbocycles. The molecule has 0 aromatic heterocycles. The molecule has 0 amide bonds. The predicted molar refractivity (Wildman–Crippen MR) is 428 cm³/mol. The van der Waals surface area contributed by atoms with Crippen molar-refractivity contribution >= 4 is 60.5 Å². The Kier molecular flexibility index (Phi) is 42.6. The van der Waals surface area contributed by atoms with E-state index in [2.05, 4.69) is 131 Å². The van der Waals surface area contributed by atoms with E-state index in [1.54, 1.807) is 49.2 Å². The van der Waals surface area contributed by atoms with Crippen LogP contribution in [0.15, 0.2) is 231 Å². The number of methoxy groups -OCH3 is 4. The third-order valence-corrected chi connectivity index (χ3v) is 32.6. The highest BCUT2D eigenvalue weighted by molar-refractivity contribution is 8.13. The Morgan fingerprint density at radius 2 is 0.575 bits per heavy atom. The highest BCUT2D eigenvalue weighted by Crippen LogP contribution is 2.54. The van der Waals surface area contributed by atoms with Crippen molar-refractivity contribution in [1.29, 1.82) is 0 Å². The lowest BCUT2D eigenvalue weighted by Gasteiger charge is -2.35. The molecule has 0 N–H and O–H groups in total. The highest BCUT2D eigenvalue weighted by atomic mass is 127. The normalized spacial score (nSPS) is 13.2. The van der Waals surface area contributed by atoms with Gasteiger partial charge in [-0.1, -0.05) is 114 Å². The van der Waals surface area contributed by atoms with Crippen molar-refractivity contribution in [1.82, 2.24) is 0 Å². The molecule has 0 aliphatic rings. The van der Waals surface area contributed by atoms with Gasteiger partial charge in [0.2, 0.25) is 0 Å². The summed E-state index contributed by atoms with van der Waals surface area (Å²) in [5.74, 6) is -12.2. The van der Waals surface area contributed by atoms with E-state index in [0.29, 0.717) is 65.6 Å². The molecule has 9 aromatic carbocycles. The smallest absolute Gasteiger partial charge is 0.480 e. The summed E-state index contributed by atoms with van der Waals surface area (Å²) in [5.41, 5.74) is -4.31. The molecule has 9 aromatic rings. The minimum atomic E-state index is -7.96. The standard InChI is InChI=1S/C14H13F9NO7S3.2C14H14IO2.C14H22O4S.C13H14F6O6S2.C12H10I/c1-3-8(2)9-4-6-10(7-5-9)31-34(29,30)13(19,20)11(15,16)12(17,18)32(25,26)24-33(27,28)14(21,22)23;2*1-16-13-7-3-11(4-8-13)15-12-5-9-14(17-2)10-6-12;1-3-12(2)13-6-8-14(9-7-13)18-10-4-5-11-19(15,16)17;1-3-8(2)9-4-6-10(7-5-9)25-27(23,24)13(18,19)11(14,15)12(16,17)26(20,21)22;1-3-7-11(8-4-1)13-12-9-5-2-6-10-12/h4-8H,3H2,1-2H3;2*3-10H,1-2H3;6-9,12H,3-5,10-11H2,1-2H3,(H,15,16,17);4-8H,3H2,1-2H3,(H,20,21,22);1-10H/q-1;2*+1;;;+1/p-2. The summed E-state index contributed by atoms with van der Waals surface area (Å²) < 4.78 is 394. The molecule has 22 nitrogen and oxygen atoms in total. The first-order chi connectivity index (χ1) is 58.8. The van der Waals surface area contributed by atoms with Crippen LogP contribution in [0.2, 0.25) is 0 Å². The lowest BCUT2D eigenvalue weighted by molar-refractivity contribution is -0.597. The molecule has 127 heavy (non-hydrogen) atoms. The van der Waals surface area contributed by atoms with E-state index in [1.807, 2.05) is 79.7 Å². The minimum absolute atomic E-state index is 0.0256. The van der Waals surface area contributed by atoms with Crippen LogP contribution in [0.25, 0.3) is 4.13 Å². The molecule has 0 radical (unpaired) electrons. The number of ether oxygens (including phenoxy) is 5. The van der Waals surface area contributed by atoms with Crippen molar-refractivity contribution in [2.75, 3.05) is 40.8 Å². The zero-order chi connectivity index (χ0) is 96.1. The second-order valence-electron chi connectivity index (χ2n) is 26.2. The van der Waals surface area contributed by atoms with Gasteiger partial charge in [-0.2, -0.15) is 82.7 Å². The fraction of sp³-hybridized carbons (Fsp3) is 0.333. The van der Waals surface area contributed by atoms with Gasteiger partial charge in [-0.3, -0.25) is 0 Å². The van der Waals surface area contributed by atoms with Crippen molar-refractivity contribution in [2.24, 2.45) is 0 Å². The average molecular weight is 2270 g/mol. The third kappa shape index (κ3) is 32.4. The predicted octanol–water partition coefficient (Wildman–Crippen LogP) is 9.94. The summed E-state index contributed by atoms with van der Waals surface area (Å²) in [5, 5.41) is -28.3. The van der Waals surface area contributed by atoms with E-state index in [1.165, 1.54) is 39.1 Å². The van der Waals surface area contributed by atoms with Gasteiger partial charge < -0.3 is 45.3 Å². The number of rotatable bonds is 36. The minimum Gasteiger partial charge on any atom is -0.748 e.